The zero-order valence-electron chi connectivity index (χ0n) is 16.6. The van der Waals surface area contributed by atoms with Crippen molar-refractivity contribution in [1.29, 1.82) is 0 Å². The number of carbonyl (C=O) groups is 2. The molecule has 142 valence electrons. The van der Waals surface area contributed by atoms with Crippen molar-refractivity contribution in [3.63, 3.8) is 0 Å². The number of carbonyl (C=O) groups excluding carboxylic acids is 2. The third kappa shape index (κ3) is 4.00. The van der Waals surface area contributed by atoms with Gasteiger partial charge >= 0.3 is 0 Å². The summed E-state index contributed by atoms with van der Waals surface area (Å²) in [4.78, 5) is 27.4. The van der Waals surface area contributed by atoms with Crippen molar-refractivity contribution in [3.8, 4) is 0 Å². The number of unbranched alkanes of at least 4 members (excludes halogenated alkanes) is 2. The van der Waals surface area contributed by atoms with Gasteiger partial charge in [0.05, 0.1) is 11.6 Å². The van der Waals surface area contributed by atoms with Gasteiger partial charge in [0, 0.05) is 12.0 Å². The molecule has 0 aromatic heterocycles. The third-order valence-corrected chi connectivity index (χ3v) is 4.94. The minimum Gasteiger partial charge on any atom is -0.503 e. The molecule has 0 fully saturated rings. The van der Waals surface area contributed by atoms with Crippen molar-refractivity contribution < 1.29 is 14.7 Å². The third-order valence-electron chi connectivity index (χ3n) is 4.94. The average molecular weight is 357 g/mol. The van der Waals surface area contributed by atoms with Gasteiger partial charge in [-0.2, -0.15) is 0 Å². The molecule has 0 radical (unpaired) electrons. The van der Waals surface area contributed by atoms with Crippen molar-refractivity contribution in [2.75, 3.05) is 6.54 Å². The molecule has 0 aliphatic carbocycles. The molecule has 1 amide bonds. The topological polar surface area (TPSA) is 57.6 Å². The number of rotatable bonds is 7. The van der Waals surface area contributed by atoms with E-state index in [1.54, 1.807) is 4.90 Å². The molecule has 1 N–H and O–H groups in total. The van der Waals surface area contributed by atoms with E-state index in [-0.39, 0.29) is 17.1 Å². The number of hydrogen-bond donors (Lipinski definition) is 1. The zero-order valence-corrected chi connectivity index (χ0v) is 16.6. The maximum Gasteiger partial charge on any atom is 0.290 e. The lowest BCUT2D eigenvalue weighted by Crippen LogP contribution is -2.33. The van der Waals surface area contributed by atoms with Crippen molar-refractivity contribution in [2.45, 2.75) is 66.3 Å². The van der Waals surface area contributed by atoms with Gasteiger partial charge in [0.1, 0.15) is 0 Å². The minimum absolute atomic E-state index is 0.175. The predicted octanol–water partition coefficient (Wildman–Crippen LogP) is 4.75. The highest BCUT2D eigenvalue weighted by atomic mass is 16.3. The minimum atomic E-state index is -0.662. The molecule has 0 spiro atoms. The number of amides is 1. The molecule has 0 bridgehead atoms. The van der Waals surface area contributed by atoms with E-state index in [4.69, 9.17) is 0 Å². The molecular formula is C22H31NO3. The monoisotopic (exact) mass is 357 g/mol. The molecule has 4 heteroatoms. The molecule has 1 aromatic carbocycles. The average Bonchev–Trinajstić information content (AvgIpc) is 2.85. The van der Waals surface area contributed by atoms with Gasteiger partial charge in [-0.05, 0) is 24.0 Å². The second-order valence-electron chi connectivity index (χ2n) is 8.04. The van der Waals surface area contributed by atoms with Crippen LogP contribution in [0.3, 0.4) is 0 Å². The van der Waals surface area contributed by atoms with E-state index in [2.05, 4.69) is 13.8 Å². The largest absolute Gasteiger partial charge is 0.503 e. The Bertz CT molecular complexity index is 695. The Hall–Kier alpha value is -2.10. The van der Waals surface area contributed by atoms with Crippen LogP contribution in [0.5, 0.6) is 0 Å². The van der Waals surface area contributed by atoms with Gasteiger partial charge in [-0.3, -0.25) is 9.59 Å². The van der Waals surface area contributed by atoms with Crippen LogP contribution in [-0.2, 0) is 16.0 Å². The Labute approximate surface area is 156 Å². The van der Waals surface area contributed by atoms with E-state index in [0.29, 0.717) is 6.54 Å². The summed E-state index contributed by atoms with van der Waals surface area (Å²) in [5.41, 5.74) is 1.66. The Morgan fingerprint density at radius 2 is 1.73 bits per heavy atom. The van der Waals surface area contributed by atoms with E-state index < -0.39 is 17.4 Å². The molecule has 1 aliphatic heterocycles. The first kappa shape index (κ1) is 20.2. The molecule has 26 heavy (non-hydrogen) atoms. The summed E-state index contributed by atoms with van der Waals surface area (Å²) in [7, 11) is 0. The molecule has 1 aromatic rings. The summed E-state index contributed by atoms with van der Waals surface area (Å²) in [6.45, 7) is 10.2. The fourth-order valence-electron chi connectivity index (χ4n) is 3.33. The summed E-state index contributed by atoms with van der Waals surface area (Å²) in [6, 6.07) is 7.49. The molecule has 1 aliphatic rings. The SMILES string of the molecule is CCCCCN1C(=O)C(O)=C(C(=O)C(C)(C)C)C1c1ccc(CC)cc1. The first-order valence-corrected chi connectivity index (χ1v) is 9.60. The molecule has 1 atom stereocenters. The maximum absolute atomic E-state index is 13.0. The van der Waals surface area contributed by atoms with Gasteiger partial charge < -0.3 is 10.0 Å². The highest BCUT2D eigenvalue weighted by molar-refractivity contribution is 6.10. The van der Waals surface area contributed by atoms with Crippen LogP contribution < -0.4 is 0 Å². The van der Waals surface area contributed by atoms with E-state index in [0.717, 1.165) is 31.2 Å². The lowest BCUT2D eigenvalue weighted by molar-refractivity contribution is -0.129. The van der Waals surface area contributed by atoms with Crippen molar-refractivity contribution in [3.05, 3.63) is 46.7 Å². The second-order valence-corrected chi connectivity index (χ2v) is 8.04. The highest BCUT2D eigenvalue weighted by Gasteiger charge is 2.45. The van der Waals surface area contributed by atoms with Crippen molar-refractivity contribution in [2.24, 2.45) is 5.41 Å². The van der Waals surface area contributed by atoms with Crippen LogP contribution in [0.1, 0.15) is 71.0 Å². The predicted molar refractivity (Wildman–Crippen MR) is 104 cm³/mol. The molecule has 4 nitrogen and oxygen atoms in total. The van der Waals surface area contributed by atoms with Gasteiger partial charge in [-0.1, -0.05) is 71.7 Å². The zero-order chi connectivity index (χ0) is 19.5. The van der Waals surface area contributed by atoms with Crippen LogP contribution in [0.15, 0.2) is 35.6 Å². The van der Waals surface area contributed by atoms with E-state index >= 15 is 0 Å². The fraction of sp³-hybridized carbons (Fsp3) is 0.545. The van der Waals surface area contributed by atoms with E-state index in [1.807, 2.05) is 45.0 Å². The normalized spacial score (nSPS) is 18.0. The Morgan fingerprint density at radius 1 is 1.12 bits per heavy atom. The van der Waals surface area contributed by atoms with E-state index in [9.17, 15) is 14.7 Å². The number of hydrogen-bond acceptors (Lipinski definition) is 3. The molecular weight excluding hydrogens is 326 g/mol. The number of aliphatic hydroxyl groups is 1. The van der Waals surface area contributed by atoms with Crippen LogP contribution in [0.4, 0.5) is 0 Å². The van der Waals surface area contributed by atoms with Crippen LogP contribution in [0.2, 0.25) is 0 Å². The van der Waals surface area contributed by atoms with Gasteiger partial charge in [0.2, 0.25) is 0 Å². The maximum atomic E-state index is 13.0. The fourth-order valence-corrected chi connectivity index (χ4v) is 3.33. The molecule has 0 saturated carbocycles. The number of aliphatic hydroxyl groups excluding tert-OH is 1. The second kappa shape index (κ2) is 8.07. The van der Waals surface area contributed by atoms with Crippen LogP contribution >= 0.6 is 0 Å². The Kier molecular flexibility index (Phi) is 6.27. The lowest BCUT2D eigenvalue weighted by Gasteiger charge is -2.29. The highest BCUT2D eigenvalue weighted by Crippen LogP contribution is 2.41. The van der Waals surface area contributed by atoms with Crippen LogP contribution in [-0.4, -0.2) is 28.2 Å². The molecule has 1 heterocycles. The number of aryl methyl sites for hydroxylation is 1. The van der Waals surface area contributed by atoms with Crippen molar-refractivity contribution >= 4 is 11.7 Å². The number of nitrogens with zero attached hydrogens (tertiary/aromatic N) is 1. The van der Waals surface area contributed by atoms with E-state index in [1.165, 1.54) is 5.56 Å². The summed E-state index contributed by atoms with van der Waals surface area (Å²) in [6.07, 6.45) is 3.84. The van der Waals surface area contributed by atoms with Gasteiger partial charge in [-0.25, -0.2) is 0 Å². The number of ketones is 1. The van der Waals surface area contributed by atoms with Crippen LogP contribution in [0, 0.1) is 5.41 Å². The van der Waals surface area contributed by atoms with Gasteiger partial charge in [0.15, 0.2) is 11.5 Å². The number of benzene rings is 1. The first-order chi connectivity index (χ1) is 12.2. The van der Waals surface area contributed by atoms with Gasteiger partial charge in [-0.15, -0.1) is 0 Å². The standard InChI is InChI=1S/C22H31NO3/c1-6-8-9-14-23-18(16-12-10-15(7-2)11-13-16)17(19(24)21(23)26)20(25)22(3,4)5/h10-13,18,24H,6-9,14H2,1-5H3. The summed E-state index contributed by atoms with van der Waals surface area (Å²) in [5.74, 6) is -0.991. The Balaban J connectivity index is 2.48. The van der Waals surface area contributed by atoms with Crippen molar-refractivity contribution in [1.82, 2.24) is 4.90 Å². The molecule has 2 rings (SSSR count). The molecule has 0 saturated heterocycles. The number of Topliss-reactive ketones (excluding diaryl/α,β-unsaturated/α-hetero) is 1. The molecule has 1 unspecified atom stereocenters. The summed E-state index contributed by atoms with van der Waals surface area (Å²) < 4.78 is 0. The first-order valence-electron chi connectivity index (χ1n) is 9.60. The lowest BCUT2D eigenvalue weighted by atomic mass is 9.82. The quantitative estimate of drug-likeness (QED) is 0.717. The Morgan fingerprint density at radius 3 is 2.23 bits per heavy atom. The van der Waals surface area contributed by atoms with Crippen LogP contribution in [0.25, 0.3) is 0 Å². The van der Waals surface area contributed by atoms with Gasteiger partial charge in [0.25, 0.3) is 5.91 Å². The summed E-state index contributed by atoms with van der Waals surface area (Å²) in [5, 5.41) is 10.5. The summed E-state index contributed by atoms with van der Waals surface area (Å²) >= 11 is 0. The smallest absolute Gasteiger partial charge is 0.290 e.